The number of carbonyl (C=O) groups is 2. The van der Waals surface area contributed by atoms with Crippen LogP contribution < -0.4 is 9.04 Å². The lowest BCUT2D eigenvalue weighted by molar-refractivity contribution is -0.157. The number of piperazine rings is 1. The largest absolute Gasteiger partial charge is 0.497 e. The maximum Gasteiger partial charge on any atom is 0.266 e. The lowest BCUT2D eigenvalue weighted by Crippen LogP contribution is -2.69. The normalized spacial score (nSPS) is 22.9. The molecule has 8 rings (SSSR count). The van der Waals surface area contributed by atoms with E-state index in [1.807, 2.05) is 67.6 Å². The van der Waals surface area contributed by atoms with E-state index in [0.29, 0.717) is 28.5 Å². The fourth-order valence-electron chi connectivity index (χ4n) is 7.93. The number of halogens is 1. The van der Waals surface area contributed by atoms with Gasteiger partial charge in [0.1, 0.15) is 17.7 Å². The number of methoxy groups -OCH3 is 1. The molecule has 5 aromatic carbocycles. The number of benzene rings is 5. The van der Waals surface area contributed by atoms with E-state index in [0.717, 1.165) is 22.3 Å². The van der Waals surface area contributed by atoms with Crippen LogP contribution in [0.3, 0.4) is 0 Å². The number of ether oxygens (including phenoxy) is 1. The topological polar surface area (TPSA) is 87.2 Å². The summed E-state index contributed by atoms with van der Waals surface area (Å²) in [6.45, 7) is 2.03. The van der Waals surface area contributed by atoms with E-state index in [2.05, 4.69) is 0 Å². The lowest BCUT2D eigenvalue weighted by atomic mass is 9.72. The van der Waals surface area contributed by atoms with Gasteiger partial charge in [0.25, 0.3) is 21.8 Å². The molecule has 4 atom stereocenters. The Morgan fingerprint density at radius 1 is 0.804 bits per heavy atom. The number of sulfonamides is 1. The Hall–Kier alpha value is -4.08. The van der Waals surface area contributed by atoms with Crippen molar-refractivity contribution in [2.45, 2.75) is 51.6 Å². The molecule has 0 N–H and O–H groups in total. The molecule has 288 valence electrons. The van der Waals surface area contributed by atoms with Crippen LogP contribution in [0.15, 0.2) is 132 Å². The summed E-state index contributed by atoms with van der Waals surface area (Å²) in [5, 5.41) is -0.939. The zero-order chi connectivity index (χ0) is 39.2. The summed E-state index contributed by atoms with van der Waals surface area (Å²) in [5.41, 5.74) is 3.80. The zero-order valence-corrected chi connectivity index (χ0v) is 34.8. The molecule has 5 aromatic rings. The highest BCUT2D eigenvalue weighted by molar-refractivity contribution is 8.77. The molecular weight excluding hydrogens is 806 g/mol. The minimum atomic E-state index is -4.31. The third-order valence-electron chi connectivity index (χ3n) is 10.6. The first kappa shape index (κ1) is 38.8. The quantitative estimate of drug-likeness (QED) is 0.114. The predicted molar refractivity (Wildman–Crippen MR) is 226 cm³/mol. The highest BCUT2D eigenvalue weighted by atomic mass is 33.1. The number of nitrogens with zero attached hydrogens (tertiary/aromatic N) is 3. The number of likely N-dealkylation sites (N-methyl/N-ethyl adjacent to an activating group) is 1. The smallest absolute Gasteiger partial charge is 0.266 e. The summed E-state index contributed by atoms with van der Waals surface area (Å²) in [5.74, 6) is 0.634. The van der Waals surface area contributed by atoms with Gasteiger partial charge in [0.05, 0.1) is 23.1 Å². The van der Waals surface area contributed by atoms with Crippen LogP contribution in [-0.4, -0.2) is 60.6 Å². The molecule has 8 nitrogen and oxygen atoms in total. The van der Waals surface area contributed by atoms with E-state index in [1.165, 1.54) is 64.5 Å². The van der Waals surface area contributed by atoms with Crippen molar-refractivity contribution in [3.8, 4) is 5.75 Å². The molecule has 0 spiro atoms. The van der Waals surface area contributed by atoms with E-state index in [9.17, 15) is 4.39 Å². The second kappa shape index (κ2) is 15.4. The van der Waals surface area contributed by atoms with Crippen LogP contribution in [-0.2, 0) is 36.5 Å². The summed E-state index contributed by atoms with van der Waals surface area (Å²) in [6.07, 6.45) is -1.05. The average molecular weight is 844 g/mol. The van der Waals surface area contributed by atoms with Crippen LogP contribution in [0.25, 0.3) is 0 Å². The van der Waals surface area contributed by atoms with Crippen molar-refractivity contribution >= 4 is 70.7 Å². The van der Waals surface area contributed by atoms with Gasteiger partial charge in [-0.05, 0) is 71.6 Å². The number of hydrogen-bond acceptors (Lipinski definition) is 9. The molecule has 0 radical (unpaired) electrons. The van der Waals surface area contributed by atoms with Gasteiger partial charge in [-0.25, -0.2) is 17.1 Å². The maximum atomic E-state index is 15.5. The minimum absolute atomic E-state index is 0.0728. The first-order valence-electron chi connectivity index (χ1n) is 17.8. The van der Waals surface area contributed by atoms with E-state index in [1.54, 1.807) is 73.7 Å². The molecule has 3 aliphatic rings. The number of aryl methyl sites for hydroxylation is 1. The van der Waals surface area contributed by atoms with Gasteiger partial charge < -0.3 is 9.64 Å². The molecule has 2 fully saturated rings. The SMILES string of the molecule is COc1ccc([C@]23C[C@]4(SSCc5ccc(F)cc5)C(=O)N(C)[C@@H](SSCc5ccc(C)cc5)C(=O)N4[C@H]2N(S(=O)(=O)c2ccccc2)c2ccccc23)cc1. The van der Waals surface area contributed by atoms with Gasteiger partial charge >= 0.3 is 0 Å². The molecule has 0 aromatic heterocycles. The Morgan fingerprint density at radius 2 is 1.43 bits per heavy atom. The monoisotopic (exact) mass is 843 g/mol. The third kappa shape index (κ3) is 6.47. The van der Waals surface area contributed by atoms with Crippen LogP contribution in [0.1, 0.15) is 34.2 Å². The molecular formula is C42H38FN3O5S5. The Bertz CT molecular complexity index is 2370. The predicted octanol–water partition coefficient (Wildman–Crippen LogP) is 8.85. The van der Waals surface area contributed by atoms with E-state index < -0.39 is 31.8 Å². The van der Waals surface area contributed by atoms with Crippen LogP contribution in [0, 0.1) is 12.7 Å². The number of fused-ring (bicyclic) bond motifs is 5. The third-order valence-corrected chi connectivity index (χ3v) is 17.9. The highest BCUT2D eigenvalue weighted by Gasteiger charge is 2.75. The van der Waals surface area contributed by atoms with Crippen molar-refractivity contribution in [2.75, 3.05) is 18.5 Å². The van der Waals surface area contributed by atoms with E-state index in [-0.39, 0.29) is 28.9 Å². The van der Waals surface area contributed by atoms with Crippen molar-refractivity contribution < 1.29 is 27.1 Å². The molecule has 3 aliphatic heterocycles. The molecule has 0 bridgehead atoms. The first-order chi connectivity index (χ1) is 27.0. The molecule has 0 aliphatic carbocycles. The number of amides is 2. The fourth-order valence-corrected chi connectivity index (χ4v) is 15.3. The second-order valence-electron chi connectivity index (χ2n) is 14.0. The number of rotatable bonds is 12. The molecule has 0 saturated carbocycles. The van der Waals surface area contributed by atoms with Crippen molar-refractivity contribution in [3.05, 3.63) is 161 Å². The van der Waals surface area contributed by atoms with Crippen molar-refractivity contribution in [3.63, 3.8) is 0 Å². The summed E-state index contributed by atoms with van der Waals surface area (Å²) >= 11 is 0. The summed E-state index contributed by atoms with van der Waals surface area (Å²) in [4.78, 5) is 32.5. The summed E-state index contributed by atoms with van der Waals surface area (Å²) in [6, 6.07) is 37.4. The zero-order valence-electron chi connectivity index (χ0n) is 30.7. The van der Waals surface area contributed by atoms with Gasteiger partial charge in [0, 0.05) is 25.0 Å². The number of carbonyl (C=O) groups excluding carboxylic acids is 2. The second-order valence-corrected chi connectivity index (χ2v) is 20.8. The summed E-state index contributed by atoms with van der Waals surface area (Å²) < 4.78 is 51.0. The molecule has 14 heteroatoms. The van der Waals surface area contributed by atoms with Gasteiger partial charge in [0.15, 0.2) is 10.2 Å². The van der Waals surface area contributed by atoms with Crippen LogP contribution in [0.4, 0.5) is 10.1 Å². The minimum Gasteiger partial charge on any atom is -0.497 e. The van der Waals surface area contributed by atoms with Crippen molar-refractivity contribution in [1.29, 1.82) is 0 Å². The summed E-state index contributed by atoms with van der Waals surface area (Å²) in [7, 11) is 4.37. The molecule has 2 saturated heterocycles. The Kier molecular flexibility index (Phi) is 10.6. The number of anilines is 1. The fraction of sp³-hybridized carbons (Fsp3) is 0.238. The van der Waals surface area contributed by atoms with Gasteiger partial charge in [-0.1, -0.05) is 134 Å². The van der Waals surface area contributed by atoms with Crippen molar-refractivity contribution in [1.82, 2.24) is 9.80 Å². The molecule has 2 amide bonds. The molecule has 3 heterocycles. The number of hydrogen-bond donors (Lipinski definition) is 0. The average Bonchev–Trinajstić information content (AvgIpc) is 3.68. The van der Waals surface area contributed by atoms with Crippen LogP contribution in [0.5, 0.6) is 5.75 Å². The van der Waals surface area contributed by atoms with E-state index >= 15 is 18.0 Å². The van der Waals surface area contributed by atoms with Crippen molar-refractivity contribution in [2.24, 2.45) is 0 Å². The van der Waals surface area contributed by atoms with Gasteiger partial charge in [0.2, 0.25) is 0 Å². The molecule has 0 unspecified atom stereocenters. The van der Waals surface area contributed by atoms with Crippen LogP contribution in [0.2, 0.25) is 0 Å². The Morgan fingerprint density at radius 3 is 2.11 bits per heavy atom. The first-order valence-corrected chi connectivity index (χ1v) is 24.0. The standard InChI is InChI=1S/C42H38FN3O5S5/c1-28-13-15-29(16-14-28)25-52-54-38-37(47)45-39-41(31-19-23-33(51-3)24-20-31,27-42(45,40(48)44(38)2)55-53-26-30-17-21-32(43)22-18-30)35-11-7-8-12-36(35)46(39)56(49,50)34-9-5-4-6-10-34/h4-24,38-39H,25-27H2,1-3H3/t38-,39-,41-,42-/m0/s1. The van der Waals surface area contributed by atoms with Crippen LogP contribution >= 0.6 is 43.2 Å². The Labute approximate surface area is 342 Å². The van der Waals surface area contributed by atoms with Gasteiger partial charge in [-0.3, -0.25) is 14.5 Å². The number of para-hydroxylation sites is 1. The van der Waals surface area contributed by atoms with Gasteiger partial charge in [-0.15, -0.1) is 0 Å². The molecule has 56 heavy (non-hydrogen) atoms. The maximum absolute atomic E-state index is 15.5. The van der Waals surface area contributed by atoms with E-state index in [4.69, 9.17) is 4.74 Å². The van der Waals surface area contributed by atoms with Gasteiger partial charge in [-0.2, -0.15) is 0 Å². The highest BCUT2D eigenvalue weighted by Crippen LogP contribution is 2.67. The Balaban J connectivity index is 1.30. The lowest BCUT2D eigenvalue weighted by Gasteiger charge is -2.49.